The van der Waals surface area contributed by atoms with Crippen LogP contribution in [0, 0.1) is 0 Å². The van der Waals surface area contributed by atoms with Crippen molar-refractivity contribution in [2.75, 3.05) is 13.7 Å². The molecule has 1 aliphatic rings. The van der Waals surface area contributed by atoms with Crippen LogP contribution in [0.3, 0.4) is 0 Å². The molecule has 114 valence electrons. The smallest absolute Gasteiger partial charge is 0.265 e. The average Bonchev–Trinajstić information content (AvgIpc) is 2.51. The van der Waals surface area contributed by atoms with E-state index < -0.39 is 5.91 Å². The molecule has 1 heterocycles. The van der Waals surface area contributed by atoms with Gasteiger partial charge in [0.15, 0.2) is 5.11 Å². The topological polar surface area (TPSA) is 58.6 Å². The third-order valence-corrected chi connectivity index (χ3v) is 3.50. The van der Waals surface area contributed by atoms with Crippen molar-refractivity contribution in [3.63, 3.8) is 0 Å². The van der Waals surface area contributed by atoms with Gasteiger partial charge in [-0.1, -0.05) is 30.4 Å². The van der Waals surface area contributed by atoms with Gasteiger partial charge in [0.25, 0.3) is 11.8 Å². The Morgan fingerprint density at radius 1 is 1.32 bits per heavy atom. The molecule has 0 radical (unpaired) electrons. The summed E-state index contributed by atoms with van der Waals surface area (Å²) >= 11 is 4.97. The van der Waals surface area contributed by atoms with Crippen molar-refractivity contribution in [1.82, 2.24) is 10.2 Å². The summed E-state index contributed by atoms with van der Waals surface area (Å²) in [4.78, 5) is 25.4. The molecule has 1 aromatic carbocycles. The summed E-state index contributed by atoms with van der Waals surface area (Å²) in [7, 11) is 1.59. The molecule has 2 amide bonds. The lowest BCUT2D eigenvalue weighted by Crippen LogP contribution is -2.53. The number of likely N-dealkylation sites (N-methyl/N-ethyl adjacent to an activating group) is 1. The Morgan fingerprint density at radius 3 is 2.73 bits per heavy atom. The summed E-state index contributed by atoms with van der Waals surface area (Å²) in [6.45, 7) is 2.20. The summed E-state index contributed by atoms with van der Waals surface area (Å²) < 4.78 is 5.24. The molecule has 0 unspecified atom stereocenters. The first kappa shape index (κ1) is 15.9. The van der Waals surface area contributed by atoms with Crippen LogP contribution in [0.4, 0.5) is 0 Å². The Balaban J connectivity index is 2.25. The van der Waals surface area contributed by atoms with Crippen LogP contribution in [0.15, 0.2) is 42.0 Å². The minimum Gasteiger partial charge on any atom is -0.496 e. The van der Waals surface area contributed by atoms with Crippen LogP contribution in [-0.4, -0.2) is 35.5 Å². The Bertz CT molecular complexity index is 680. The molecule has 1 aliphatic heterocycles. The second-order valence-electron chi connectivity index (χ2n) is 4.49. The fraction of sp³-hybridized carbons (Fsp3) is 0.188. The largest absolute Gasteiger partial charge is 0.496 e. The van der Waals surface area contributed by atoms with Gasteiger partial charge in [-0.25, -0.2) is 0 Å². The van der Waals surface area contributed by atoms with Crippen molar-refractivity contribution in [3.05, 3.63) is 47.6 Å². The maximum Gasteiger partial charge on any atom is 0.265 e. The molecule has 1 saturated heterocycles. The molecule has 1 fully saturated rings. The molecule has 0 atom stereocenters. The number of nitrogens with one attached hydrogen (secondary N) is 1. The Labute approximate surface area is 134 Å². The van der Waals surface area contributed by atoms with E-state index in [0.717, 1.165) is 5.56 Å². The number of methoxy groups -OCH3 is 1. The molecule has 1 aromatic rings. The number of thiocarbonyl (C=S) groups is 1. The minimum atomic E-state index is -0.482. The van der Waals surface area contributed by atoms with Crippen molar-refractivity contribution in [1.29, 1.82) is 0 Å². The first-order valence-electron chi connectivity index (χ1n) is 6.77. The molecule has 0 spiro atoms. The zero-order valence-electron chi connectivity index (χ0n) is 12.3. The zero-order chi connectivity index (χ0) is 16.1. The summed E-state index contributed by atoms with van der Waals surface area (Å²) in [5, 5.41) is 2.64. The predicted molar refractivity (Wildman–Crippen MR) is 88.2 cm³/mol. The molecule has 6 heteroatoms. The number of hydrogen-bond acceptors (Lipinski definition) is 4. The molecule has 0 saturated carbocycles. The molecule has 22 heavy (non-hydrogen) atoms. The van der Waals surface area contributed by atoms with Crippen molar-refractivity contribution in [3.8, 4) is 5.75 Å². The maximum atomic E-state index is 12.2. The second kappa shape index (κ2) is 7.00. The van der Waals surface area contributed by atoms with Gasteiger partial charge in [0.05, 0.1) is 7.11 Å². The van der Waals surface area contributed by atoms with E-state index >= 15 is 0 Å². The SMILES string of the molecule is CCN1C(=O)C(=CC=Cc2ccccc2OC)C(=O)NC1=S. The molecular formula is C16H16N2O3S. The second-order valence-corrected chi connectivity index (χ2v) is 4.88. The Morgan fingerprint density at radius 2 is 2.05 bits per heavy atom. The third-order valence-electron chi connectivity index (χ3n) is 3.18. The molecule has 0 bridgehead atoms. The van der Waals surface area contributed by atoms with Gasteiger partial charge in [-0.2, -0.15) is 0 Å². The van der Waals surface area contributed by atoms with Crippen LogP contribution in [0.25, 0.3) is 6.08 Å². The zero-order valence-corrected chi connectivity index (χ0v) is 13.1. The van der Waals surface area contributed by atoms with E-state index in [0.29, 0.717) is 12.3 Å². The van der Waals surface area contributed by atoms with Gasteiger partial charge in [0, 0.05) is 12.1 Å². The van der Waals surface area contributed by atoms with Gasteiger partial charge in [0.1, 0.15) is 11.3 Å². The molecule has 0 aromatic heterocycles. The van der Waals surface area contributed by atoms with Crippen molar-refractivity contribution in [2.45, 2.75) is 6.92 Å². The highest BCUT2D eigenvalue weighted by Gasteiger charge is 2.31. The lowest BCUT2D eigenvalue weighted by molar-refractivity contribution is -0.128. The fourth-order valence-electron chi connectivity index (χ4n) is 2.05. The first-order chi connectivity index (χ1) is 10.6. The maximum absolute atomic E-state index is 12.2. The van der Waals surface area contributed by atoms with Gasteiger partial charge in [0.2, 0.25) is 0 Å². The molecule has 2 rings (SSSR count). The number of allylic oxidation sites excluding steroid dienone is 2. The predicted octanol–water partition coefficient (Wildman–Crippen LogP) is 1.90. The number of para-hydroxylation sites is 1. The summed E-state index contributed by atoms with van der Waals surface area (Å²) in [5.74, 6) is -0.154. The van der Waals surface area contributed by atoms with Crippen LogP contribution in [0.5, 0.6) is 5.75 Å². The number of carbonyl (C=O) groups is 2. The monoisotopic (exact) mass is 316 g/mol. The minimum absolute atomic E-state index is 0.0570. The number of nitrogens with zero attached hydrogens (tertiary/aromatic N) is 1. The number of hydrogen-bond donors (Lipinski definition) is 1. The highest BCUT2D eigenvalue weighted by Crippen LogP contribution is 2.19. The number of carbonyl (C=O) groups excluding carboxylic acids is 2. The first-order valence-corrected chi connectivity index (χ1v) is 7.17. The number of rotatable bonds is 4. The normalized spacial score (nSPS) is 17.3. The summed E-state index contributed by atoms with van der Waals surface area (Å²) in [5.41, 5.74) is 0.912. The quantitative estimate of drug-likeness (QED) is 0.524. The third kappa shape index (κ3) is 3.23. The highest BCUT2D eigenvalue weighted by atomic mass is 32.1. The Hall–Kier alpha value is -2.47. The van der Waals surface area contributed by atoms with Crippen LogP contribution < -0.4 is 10.1 Å². The van der Waals surface area contributed by atoms with E-state index in [2.05, 4.69) is 5.32 Å². The van der Waals surface area contributed by atoms with Gasteiger partial charge in [-0.15, -0.1) is 0 Å². The van der Waals surface area contributed by atoms with Gasteiger partial charge in [-0.3, -0.25) is 19.8 Å². The summed E-state index contributed by atoms with van der Waals surface area (Å²) in [6, 6.07) is 7.46. The van der Waals surface area contributed by atoms with Gasteiger partial charge < -0.3 is 4.74 Å². The average molecular weight is 316 g/mol. The number of ether oxygens (including phenoxy) is 1. The number of amides is 2. The standard InChI is InChI=1S/C16H16N2O3S/c1-3-18-15(20)12(14(19)17-16(18)22)9-6-8-11-7-4-5-10-13(11)21-2/h4-10H,3H2,1-2H3,(H,17,19,22). The van der Waals surface area contributed by atoms with Crippen LogP contribution in [0.2, 0.25) is 0 Å². The van der Waals surface area contributed by atoms with E-state index in [1.807, 2.05) is 24.3 Å². The van der Waals surface area contributed by atoms with Crippen LogP contribution in [-0.2, 0) is 9.59 Å². The van der Waals surface area contributed by atoms with Crippen molar-refractivity contribution < 1.29 is 14.3 Å². The highest BCUT2D eigenvalue weighted by molar-refractivity contribution is 7.80. The molecule has 0 aliphatic carbocycles. The summed E-state index contributed by atoms with van der Waals surface area (Å²) in [6.07, 6.45) is 4.90. The molecule has 1 N–H and O–H groups in total. The van der Waals surface area contributed by atoms with Crippen LogP contribution in [0.1, 0.15) is 12.5 Å². The lowest BCUT2D eigenvalue weighted by atomic mass is 10.1. The molecular weight excluding hydrogens is 300 g/mol. The van der Waals surface area contributed by atoms with E-state index in [-0.39, 0.29) is 16.6 Å². The van der Waals surface area contributed by atoms with Gasteiger partial charge >= 0.3 is 0 Å². The Kier molecular flexibility index (Phi) is 5.06. The van der Waals surface area contributed by atoms with E-state index in [1.54, 1.807) is 26.2 Å². The van der Waals surface area contributed by atoms with E-state index in [9.17, 15) is 9.59 Å². The van der Waals surface area contributed by atoms with E-state index in [1.165, 1.54) is 11.0 Å². The fourth-order valence-corrected chi connectivity index (χ4v) is 2.36. The van der Waals surface area contributed by atoms with Crippen molar-refractivity contribution >= 4 is 35.2 Å². The van der Waals surface area contributed by atoms with Crippen LogP contribution >= 0.6 is 12.2 Å². The molecule has 5 nitrogen and oxygen atoms in total. The van der Waals surface area contributed by atoms with Gasteiger partial charge in [-0.05, 0) is 31.3 Å². The lowest BCUT2D eigenvalue weighted by Gasteiger charge is -2.27. The van der Waals surface area contributed by atoms with Crippen molar-refractivity contribution in [2.24, 2.45) is 0 Å². The number of benzene rings is 1. The van der Waals surface area contributed by atoms with E-state index in [4.69, 9.17) is 17.0 Å².